The van der Waals surface area contributed by atoms with Gasteiger partial charge in [0.15, 0.2) is 0 Å². The Kier molecular flexibility index (Phi) is 4.71. The van der Waals surface area contributed by atoms with Crippen molar-refractivity contribution in [3.63, 3.8) is 0 Å². The van der Waals surface area contributed by atoms with Crippen molar-refractivity contribution in [3.8, 4) is 0 Å². The number of esters is 1. The Morgan fingerprint density at radius 1 is 1.18 bits per heavy atom. The fourth-order valence-corrected chi connectivity index (χ4v) is 4.08. The first-order valence-electron chi connectivity index (χ1n) is 9.80. The second-order valence-electron chi connectivity index (χ2n) is 7.96. The van der Waals surface area contributed by atoms with E-state index in [1.54, 1.807) is 0 Å². The Labute approximate surface area is 165 Å². The number of hydrogen-bond donors (Lipinski definition) is 0. The van der Waals surface area contributed by atoms with Crippen LogP contribution in [0.25, 0.3) is 10.8 Å². The molecule has 0 bridgehead atoms. The molecule has 0 fully saturated rings. The Morgan fingerprint density at radius 2 is 1.96 bits per heavy atom. The third-order valence-electron chi connectivity index (χ3n) is 5.92. The number of rotatable bonds is 5. The quantitative estimate of drug-likeness (QED) is 0.623. The van der Waals surface area contributed by atoms with Crippen LogP contribution in [0.3, 0.4) is 0 Å². The Morgan fingerprint density at radius 3 is 2.64 bits per heavy atom. The fraction of sp³-hybridized carbons (Fsp3) is 0.391. The Bertz CT molecular complexity index is 1070. The van der Waals surface area contributed by atoms with Crippen LogP contribution >= 0.6 is 0 Å². The van der Waals surface area contributed by atoms with E-state index in [-0.39, 0.29) is 5.97 Å². The Hall–Kier alpha value is -2.66. The molecule has 0 amide bonds. The molecule has 1 aromatic heterocycles. The summed E-state index contributed by atoms with van der Waals surface area (Å²) in [5.74, 6) is -0.224. The van der Waals surface area contributed by atoms with Crippen LogP contribution in [0.2, 0.25) is 0 Å². The first kappa shape index (κ1) is 18.7. The second-order valence-corrected chi connectivity index (χ2v) is 7.96. The van der Waals surface area contributed by atoms with Gasteiger partial charge in [0.25, 0.3) is 0 Å². The summed E-state index contributed by atoms with van der Waals surface area (Å²) in [6, 6.07) is 10.6. The van der Waals surface area contributed by atoms with Crippen molar-refractivity contribution in [3.05, 3.63) is 64.0 Å². The van der Waals surface area contributed by atoms with Gasteiger partial charge in [0.2, 0.25) is 0 Å². The molecule has 0 unspecified atom stereocenters. The van der Waals surface area contributed by atoms with E-state index in [1.807, 2.05) is 23.9 Å². The molecule has 0 saturated carbocycles. The first-order valence-corrected chi connectivity index (χ1v) is 9.80. The van der Waals surface area contributed by atoms with E-state index < -0.39 is 0 Å². The number of carbonyl (C=O) groups is 1. The van der Waals surface area contributed by atoms with Gasteiger partial charge >= 0.3 is 5.97 Å². The van der Waals surface area contributed by atoms with Crippen LogP contribution in [0.15, 0.2) is 30.3 Å². The molecule has 28 heavy (non-hydrogen) atoms. The summed E-state index contributed by atoms with van der Waals surface area (Å²) in [5.41, 5.74) is 6.60. The molecule has 3 aromatic rings. The van der Waals surface area contributed by atoms with E-state index in [2.05, 4.69) is 55.9 Å². The lowest BCUT2D eigenvalue weighted by atomic mass is 9.94. The fourth-order valence-electron chi connectivity index (χ4n) is 4.08. The van der Waals surface area contributed by atoms with Crippen molar-refractivity contribution in [2.45, 2.75) is 53.4 Å². The van der Waals surface area contributed by atoms with Gasteiger partial charge in [0.1, 0.15) is 6.61 Å². The second kappa shape index (κ2) is 7.06. The number of hydrogen-bond acceptors (Lipinski definition) is 4. The van der Waals surface area contributed by atoms with Crippen molar-refractivity contribution in [1.82, 2.24) is 14.7 Å². The lowest BCUT2D eigenvalue weighted by Crippen LogP contribution is -2.30. The zero-order valence-corrected chi connectivity index (χ0v) is 17.2. The summed E-state index contributed by atoms with van der Waals surface area (Å²) >= 11 is 0. The number of benzene rings is 2. The molecule has 0 aliphatic carbocycles. The molecule has 2 aromatic carbocycles. The van der Waals surface area contributed by atoms with E-state index in [0.717, 1.165) is 35.1 Å². The number of cyclic esters (lactones) is 1. The monoisotopic (exact) mass is 377 g/mol. The molecule has 0 atom stereocenters. The normalized spacial score (nSPS) is 13.6. The maximum Gasteiger partial charge on any atom is 0.339 e. The van der Waals surface area contributed by atoms with Gasteiger partial charge in [-0.15, -0.1) is 0 Å². The average Bonchev–Trinajstić information content (AvgIpc) is 2.91. The lowest BCUT2D eigenvalue weighted by Gasteiger charge is -2.28. The topological polar surface area (TPSA) is 47.4 Å². The molecule has 0 saturated heterocycles. The molecule has 0 spiro atoms. The summed E-state index contributed by atoms with van der Waals surface area (Å²) in [4.78, 5) is 14.7. The summed E-state index contributed by atoms with van der Waals surface area (Å²) in [6.07, 6.45) is 0. The predicted molar refractivity (Wildman–Crippen MR) is 110 cm³/mol. The molecule has 5 heteroatoms. The van der Waals surface area contributed by atoms with E-state index in [9.17, 15) is 4.79 Å². The summed E-state index contributed by atoms with van der Waals surface area (Å²) < 4.78 is 7.26. The van der Waals surface area contributed by atoms with Crippen molar-refractivity contribution < 1.29 is 9.53 Å². The molecule has 5 nitrogen and oxygen atoms in total. The standard InChI is InChI=1S/C23H27N3O2/c1-14(2)26(12-21-15(3)24-25(5)16(21)4)11-17-9-10-18-13-28-23(27)20-8-6-7-19(17)22(18)20/h6-10,14H,11-13H2,1-5H3. The van der Waals surface area contributed by atoms with Crippen LogP contribution in [0.4, 0.5) is 0 Å². The molecular weight excluding hydrogens is 350 g/mol. The largest absolute Gasteiger partial charge is 0.457 e. The molecule has 4 rings (SSSR count). The number of carbonyl (C=O) groups excluding carboxylic acids is 1. The number of ether oxygens (including phenoxy) is 1. The van der Waals surface area contributed by atoms with Crippen LogP contribution in [0.5, 0.6) is 0 Å². The molecule has 0 N–H and O–H groups in total. The molecular formula is C23H27N3O2. The third-order valence-corrected chi connectivity index (χ3v) is 5.92. The highest BCUT2D eigenvalue weighted by molar-refractivity contribution is 6.08. The first-order chi connectivity index (χ1) is 13.4. The highest BCUT2D eigenvalue weighted by atomic mass is 16.5. The molecule has 2 heterocycles. The van der Waals surface area contributed by atoms with E-state index in [1.165, 1.54) is 16.8 Å². The predicted octanol–water partition coefficient (Wildman–Crippen LogP) is 4.27. The van der Waals surface area contributed by atoms with Crippen molar-refractivity contribution in [2.75, 3.05) is 0 Å². The summed E-state index contributed by atoms with van der Waals surface area (Å²) in [7, 11) is 2.00. The maximum absolute atomic E-state index is 12.2. The minimum absolute atomic E-state index is 0.224. The smallest absolute Gasteiger partial charge is 0.339 e. The van der Waals surface area contributed by atoms with Gasteiger partial charge in [-0.25, -0.2) is 4.79 Å². The molecule has 1 aliphatic heterocycles. The highest BCUT2D eigenvalue weighted by Gasteiger charge is 2.23. The van der Waals surface area contributed by atoms with Crippen LogP contribution in [-0.4, -0.2) is 26.7 Å². The number of aromatic nitrogens is 2. The minimum Gasteiger partial charge on any atom is -0.457 e. The van der Waals surface area contributed by atoms with Crippen molar-refractivity contribution in [2.24, 2.45) is 7.05 Å². The van der Waals surface area contributed by atoms with Crippen LogP contribution in [0, 0.1) is 13.8 Å². The maximum atomic E-state index is 12.2. The zero-order chi connectivity index (χ0) is 20.0. The van der Waals surface area contributed by atoms with Gasteiger partial charge in [0, 0.05) is 42.8 Å². The van der Waals surface area contributed by atoms with Gasteiger partial charge in [-0.2, -0.15) is 5.10 Å². The van der Waals surface area contributed by atoms with Crippen LogP contribution in [-0.2, 0) is 31.5 Å². The average molecular weight is 377 g/mol. The number of nitrogens with zero attached hydrogens (tertiary/aromatic N) is 3. The van der Waals surface area contributed by atoms with Gasteiger partial charge in [-0.3, -0.25) is 9.58 Å². The molecule has 146 valence electrons. The van der Waals surface area contributed by atoms with Crippen LogP contribution in [0.1, 0.15) is 52.3 Å². The van der Waals surface area contributed by atoms with Crippen molar-refractivity contribution >= 4 is 16.7 Å². The molecule has 1 aliphatic rings. The third kappa shape index (κ3) is 3.10. The van der Waals surface area contributed by atoms with E-state index in [0.29, 0.717) is 18.2 Å². The Balaban J connectivity index is 1.73. The van der Waals surface area contributed by atoms with E-state index in [4.69, 9.17) is 4.74 Å². The van der Waals surface area contributed by atoms with Gasteiger partial charge in [0.05, 0.1) is 11.3 Å². The SMILES string of the molecule is Cc1nn(C)c(C)c1CN(Cc1ccc2c3c(cccc13)C(=O)OC2)C(C)C. The lowest BCUT2D eigenvalue weighted by molar-refractivity contribution is 0.0463. The number of aryl methyl sites for hydroxylation is 2. The molecule has 0 radical (unpaired) electrons. The highest BCUT2D eigenvalue weighted by Crippen LogP contribution is 2.32. The van der Waals surface area contributed by atoms with Crippen molar-refractivity contribution in [1.29, 1.82) is 0 Å². The summed E-state index contributed by atoms with van der Waals surface area (Å²) in [6.45, 7) is 10.7. The van der Waals surface area contributed by atoms with Gasteiger partial charge < -0.3 is 4.74 Å². The minimum atomic E-state index is -0.224. The van der Waals surface area contributed by atoms with Gasteiger partial charge in [-0.1, -0.05) is 24.3 Å². The van der Waals surface area contributed by atoms with Crippen LogP contribution < -0.4 is 0 Å². The van der Waals surface area contributed by atoms with E-state index >= 15 is 0 Å². The zero-order valence-electron chi connectivity index (χ0n) is 17.2. The van der Waals surface area contributed by atoms with Gasteiger partial charge in [-0.05, 0) is 50.3 Å². The summed E-state index contributed by atoms with van der Waals surface area (Å²) in [5, 5.41) is 6.77.